The van der Waals surface area contributed by atoms with Crippen LogP contribution in [-0.2, 0) is 4.79 Å². The molecule has 2 aromatic rings. The van der Waals surface area contributed by atoms with Crippen LogP contribution in [-0.4, -0.2) is 16.9 Å². The lowest BCUT2D eigenvalue weighted by molar-refractivity contribution is -0.110. The smallest absolute Gasteiger partial charge is 0.178 e. The van der Waals surface area contributed by atoms with Gasteiger partial charge in [-0.25, -0.2) is 0 Å². The molecule has 0 aromatic heterocycles. The third-order valence-electron chi connectivity index (χ3n) is 4.74. The van der Waals surface area contributed by atoms with E-state index in [9.17, 15) is 4.79 Å². The Morgan fingerprint density at radius 3 is 1.96 bits per heavy atom. The van der Waals surface area contributed by atoms with Gasteiger partial charge >= 0.3 is 0 Å². The van der Waals surface area contributed by atoms with E-state index in [0.29, 0.717) is 5.42 Å². The zero-order valence-corrected chi connectivity index (χ0v) is 15.2. The Bertz CT molecular complexity index is 839. The quantitative estimate of drug-likeness (QED) is 0.783. The van der Waals surface area contributed by atoms with Crippen LogP contribution in [0, 0.1) is 30.8 Å². The first-order valence-corrected chi connectivity index (χ1v) is 10.2. The van der Waals surface area contributed by atoms with Crippen molar-refractivity contribution in [1.29, 1.82) is 0 Å². The third kappa shape index (κ3) is 2.47. The van der Waals surface area contributed by atoms with E-state index in [1.165, 1.54) is 16.3 Å². The largest absolute Gasteiger partial charge is 0.293 e. The topological polar surface area (TPSA) is 29.4 Å². The molecule has 5 radical (unpaired) electrons. The van der Waals surface area contributed by atoms with Gasteiger partial charge in [-0.05, 0) is 43.7 Å². The maximum absolute atomic E-state index is 12.7. The highest BCUT2D eigenvalue weighted by atomic mass is 31.2. The van der Waals surface area contributed by atoms with Gasteiger partial charge in [0.25, 0.3) is 0 Å². The predicted molar refractivity (Wildman–Crippen MR) is 107 cm³/mol. The van der Waals surface area contributed by atoms with Crippen molar-refractivity contribution >= 4 is 34.4 Å². The van der Waals surface area contributed by atoms with Gasteiger partial charge < -0.3 is 0 Å². The van der Waals surface area contributed by atoms with E-state index in [-0.39, 0.29) is 5.78 Å². The fourth-order valence-corrected chi connectivity index (χ4v) is 8.20. The van der Waals surface area contributed by atoms with Crippen molar-refractivity contribution in [3.63, 3.8) is 0 Å². The molecule has 0 atom stereocenters. The van der Waals surface area contributed by atoms with Crippen LogP contribution in [0.25, 0.3) is 0 Å². The van der Waals surface area contributed by atoms with Gasteiger partial charge in [0.1, 0.15) is 5.42 Å². The zero-order chi connectivity index (χ0) is 17.4. The molecular formula is C22H19NOP. The summed E-state index contributed by atoms with van der Waals surface area (Å²) in [5.41, 5.74) is 2.86. The van der Waals surface area contributed by atoms with Gasteiger partial charge in [-0.15, -0.1) is 0 Å². The summed E-state index contributed by atoms with van der Waals surface area (Å²) < 4.78 is 0. The Balaban J connectivity index is 2.17. The van der Waals surface area contributed by atoms with Crippen molar-refractivity contribution in [1.82, 2.24) is 0 Å². The Labute approximate surface area is 150 Å². The maximum atomic E-state index is 12.7. The third-order valence-corrected chi connectivity index (χ3v) is 9.05. The summed E-state index contributed by atoms with van der Waals surface area (Å²) in [6.07, 6.45) is 6.36. The van der Waals surface area contributed by atoms with E-state index >= 15 is 0 Å². The number of ketones is 1. The monoisotopic (exact) mass is 344 g/mol. The van der Waals surface area contributed by atoms with Crippen LogP contribution in [0.2, 0.25) is 0 Å². The van der Waals surface area contributed by atoms with Crippen molar-refractivity contribution in [2.45, 2.75) is 13.8 Å². The summed E-state index contributed by atoms with van der Waals surface area (Å²) >= 11 is 0. The van der Waals surface area contributed by atoms with Crippen LogP contribution >= 0.6 is 6.89 Å². The number of carbonyl (C=O) groups excluding carboxylic acids is 1. The van der Waals surface area contributed by atoms with E-state index in [1.54, 1.807) is 6.92 Å². The summed E-state index contributed by atoms with van der Waals surface area (Å²) in [5, 5.41) is 2.35. The molecule has 0 N–H and O–H groups in total. The minimum atomic E-state index is -2.26. The second-order valence-electron chi connectivity index (χ2n) is 6.24. The molecule has 1 aliphatic heterocycles. The first kappa shape index (κ1) is 16.5. The molecule has 25 heavy (non-hydrogen) atoms. The standard InChI is InChI=1S/C22H19NOP/c1-16-20-14-9-15-21(20)25(22(23-16)17(2)24,18-10-5-3-6-11-18)19-12-7-4-8-13-19/h3-15H,1-2H3. The molecule has 4 rings (SSSR count). The highest BCUT2D eigenvalue weighted by Crippen LogP contribution is 2.66. The predicted octanol–water partition coefficient (Wildman–Crippen LogP) is 3.58. The van der Waals surface area contributed by atoms with Crippen LogP contribution in [0.3, 0.4) is 0 Å². The van der Waals surface area contributed by atoms with Crippen molar-refractivity contribution in [2.75, 3.05) is 0 Å². The van der Waals surface area contributed by atoms with Crippen molar-refractivity contribution in [3.8, 4) is 0 Å². The zero-order valence-electron chi connectivity index (χ0n) is 14.3. The average Bonchev–Trinajstić information content (AvgIpc) is 3.14. The molecule has 0 unspecified atom stereocenters. The number of carbonyl (C=O) groups is 1. The Morgan fingerprint density at radius 2 is 1.44 bits per heavy atom. The van der Waals surface area contributed by atoms with Crippen LogP contribution in [0.4, 0.5) is 0 Å². The molecule has 1 aliphatic carbocycles. The molecular weight excluding hydrogens is 325 g/mol. The van der Waals surface area contributed by atoms with Crippen molar-refractivity contribution < 1.29 is 4.79 Å². The molecule has 0 bridgehead atoms. The molecule has 2 aliphatic rings. The van der Waals surface area contributed by atoms with E-state index in [0.717, 1.165) is 11.6 Å². The van der Waals surface area contributed by atoms with E-state index in [2.05, 4.69) is 43.5 Å². The van der Waals surface area contributed by atoms with Gasteiger partial charge in [-0.2, -0.15) is 0 Å². The molecule has 1 saturated carbocycles. The van der Waals surface area contributed by atoms with E-state index in [4.69, 9.17) is 4.99 Å². The number of Topliss-reactive ketones (excluding diaryl/α,β-unsaturated/α-hetero) is 1. The summed E-state index contributed by atoms with van der Waals surface area (Å²) in [4.78, 5) is 17.6. The lowest BCUT2D eigenvalue weighted by Crippen LogP contribution is -2.35. The first-order chi connectivity index (χ1) is 12.2. The molecule has 0 spiro atoms. The number of benzene rings is 2. The van der Waals surface area contributed by atoms with Crippen LogP contribution in [0.5, 0.6) is 0 Å². The maximum Gasteiger partial charge on any atom is 0.178 e. The molecule has 0 amide bonds. The molecule has 123 valence electrons. The summed E-state index contributed by atoms with van der Waals surface area (Å²) in [5.74, 6) is 1.21. The number of nitrogens with zero attached hydrogens (tertiary/aromatic N) is 1. The van der Waals surface area contributed by atoms with Gasteiger partial charge in [-0.1, -0.05) is 60.7 Å². The lowest BCUT2D eigenvalue weighted by Gasteiger charge is -2.40. The number of aliphatic imine (C=N–C) groups is 1. The minimum absolute atomic E-state index is 0.0484. The van der Waals surface area contributed by atoms with Crippen LogP contribution < -0.4 is 10.6 Å². The van der Waals surface area contributed by atoms with Crippen LogP contribution in [0.15, 0.2) is 65.7 Å². The molecule has 1 heterocycles. The summed E-state index contributed by atoms with van der Waals surface area (Å²) in [6, 6.07) is 20.8. The highest BCUT2D eigenvalue weighted by Gasteiger charge is 2.48. The van der Waals surface area contributed by atoms with Crippen LogP contribution in [0.1, 0.15) is 13.8 Å². The second kappa shape index (κ2) is 6.42. The normalized spacial score (nSPS) is 20.2. The van der Waals surface area contributed by atoms with Gasteiger partial charge in [-0.3, -0.25) is 9.79 Å². The molecule has 1 fully saturated rings. The average molecular weight is 344 g/mol. The summed E-state index contributed by atoms with van der Waals surface area (Å²) in [6.45, 7) is 1.37. The molecule has 0 saturated heterocycles. The van der Waals surface area contributed by atoms with Gasteiger partial charge in [0.15, 0.2) is 5.78 Å². The van der Waals surface area contributed by atoms with Crippen molar-refractivity contribution in [2.24, 2.45) is 4.99 Å². The fraction of sp³-hybridized carbons (Fsp3) is 0.0909. The number of fused-ring (bicyclic) bond motifs is 1. The number of rotatable bonds is 3. The fourth-order valence-electron chi connectivity index (χ4n) is 3.71. The molecule has 2 nitrogen and oxygen atoms in total. The Morgan fingerprint density at radius 1 is 0.880 bits per heavy atom. The Kier molecular flexibility index (Phi) is 4.25. The minimum Gasteiger partial charge on any atom is -0.293 e. The van der Waals surface area contributed by atoms with Gasteiger partial charge in [0.2, 0.25) is 0 Å². The van der Waals surface area contributed by atoms with E-state index in [1.807, 2.05) is 43.3 Å². The van der Waals surface area contributed by atoms with Crippen molar-refractivity contribution in [3.05, 3.63) is 91.5 Å². The lowest BCUT2D eigenvalue weighted by atomic mass is 10.0. The second-order valence-corrected chi connectivity index (χ2v) is 9.52. The number of hydrogen-bond donors (Lipinski definition) is 0. The Hall–Kier alpha value is -1.92. The summed E-state index contributed by atoms with van der Waals surface area (Å²) in [7, 11) is 0. The van der Waals surface area contributed by atoms with Gasteiger partial charge in [0, 0.05) is 24.2 Å². The highest BCUT2D eigenvalue weighted by molar-refractivity contribution is 7.93. The molecule has 3 heteroatoms. The van der Waals surface area contributed by atoms with Gasteiger partial charge in [0.05, 0.1) is 0 Å². The number of hydrogen-bond acceptors (Lipinski definition) is 2. The first-order valence-electron chi connectivity index (χ1n) is 8.36. The SMILES string of the molecule is CC(=O)C1=P(c2ccccc2)(c2ccccc2)[C]2[CH][CH][CH][C]2C(C)=N1. The van der Waals surface area contributed by atoms with E-state index < -0.39 is 6.89 Å². The molecule has 2 aromatic carbocycles.